The molecule has 2 aliphatic heterocycles. The SMILES string of the molecule is COCC1(C(=O)NC2CCSc3c(F)cccc32)CCNCC1. The molecule has 0 radical (unpaired) electrons. The first-order valence-electron chi connectivity index (χ1n) is 8.08. The molecule has 1 fully saturated rings. The Hall–Kier alpha value is -1.11. The van der Waals surface area contributed by atoms with Gasteiger partial charge in [-0.25, -0.2) is 4.39 Å². The molecular formula is C17H23FN2O2S. The lowest BCUT2D eigenvalue weighted by molar-refractivity contribution is -0.137. The molecule has 23 heavy (non-hydrogen) atoms. The highest BCUT2D eigenvalue weighted by atomic mass is 32.2. The first-order chi connectivity index (χ1) is 11.2. The molecule has 1 unspecified atom stereocenters. The van der Waals surface area contributed by atoms with Gasteiger partial charge in [0.15, 0.2) is 0 Å². The molecule has 6 heteroatoms. The van der Waals surface area contributed by atoms with Crippen molar-refractivity contribution in [3.63, 3.8) is 0 Å². The highest BCUT2D eigenvalue weighted by molar-refractivity contribution is 7.99. The largest absolute Gasteiger partial charge is 0.384 e. The third kappa shape index (κ3) is 3.39. The number of benzene rings is 1. The van der Waals surface area contributed by atoms with Crippen LogP contribution >= 0.6 is 11.8 Å². The van der Waals surface area contributed by atoms with Crippen molar-refractivity contribution in [2.24, 2.45) is 5.41 Å². The summed E-state index contributed by atoms with van der Waals surface area (Å²) < 4.78 is 19.3. The van der Waals surface area contributed by atoms with Gasteiger partial charge in [-0.1, -0.05) is 12.1 Å². The van der Waals surface area contributed by atoms with E-state index in [1.54, 1.807) is 13.2 Å². The highest BCUT2D eigenvalue weighted by Gasteiger charge is 2.41. The molecule has 1 amide bonds. The monoisotopic (exact) mass is 338 g/mol. The minimum absolute atomic E-state index is 0.0351. The van der Waals surface area contributed by atoms with Gasteiger partial charge in [-0.2, -0.15) is 0 Å². The summed E-state index contributed by atoms with van der Waals surface area (Å²) in [6, 6.07) is 5.00. The Balaban J connectivity index is 1.79. The molecule has 1 aromatic rings. The maximum Gasteiger partial charge on any atom is 0.229 e. The quantitative estimate of drug-likeness (QED) is 0.886. The highest BCUT2D eigenvalue weighted by Crippen LogP contribution is 2.39. The zero-order valence-corrected chi connectivity index (χ0v) is 14.2. The molecule has 4 nitrogen and oxygen atoms in total. The third-order valence-electron chi connectivity index (χ3n) is 4.79. The normalized spacial score (nSPS) is 23.1. The maximum atomic E-state index is 14.0. The van der Waals surface area contributed by atoms with E-state index in [0.717, 1.165) is 43.7 Å². The molecule has 2 aliphatic rings. The second-order valence-corrected chi connectivity index (χ2v) is 7.39. The molecular weight excluding hydrogens is 315 g/mol. The molecule has 0 saturated carbocycles. The van der Waals surface area contributed by atoms with Crippen molar-refractivity contribution in [1.82, 2.24) is 10.6 Å². The van der Waals surface area contributed by atoms with Gasteiger partial charge in [0.2, 0.25) is 5.91 Å². The molecule has 3 rings (SSSR count). The van der Waals surface area contributed by atoms with E-state index in [-0.39, 0.29) is 17.8 Å². The number of hydrogen-bond donors (Lipinski definition) is 2. The number of thioether (sulfide) groups is 1. The number of amides is 1. The van der Waals surface area contributed by atoms with Crippen molar-refractivity contribution in [2.45, 2.75) is 30.2 Å². The number of methoxy groups -OCH3 is 1. The predicted octanol–water partition coefficient (Wildman–Crippen LogP) is 2.50. The van der Waals surface area contributed by atoms with E-state index in [2.05, 4.69) is 10.6 Å². The lowest BCUT2D eigenvalue weighted by atomic mass is 9.78. The molecule has 0 aliphatic carbocycles. The second kappa shape index (κ2) is 7.20. The minimum atomic E-state index is -0.474. The first kappa shape index (κ1) is 16.7. The van der Waals surface area contributed by atoms with Crippen LogP contribution in [0.15, 0.2) is 23.1 Å². The number of piperidine rings is 1. The van der Waals surface area contributed by atoms with Gasteiger partial charge in [0.25, 0.3) is 0 Å². The molecule has 2 heterocycles. The van der Waals surface area contributed by atoms with Gasteiger partial charge in [-0.15, -0.1) is 11.8 Å². The topological polar surface area (TPSA) is 50.4 Å². The van der Waals surface area contributed by atoms with Crippen molar-refractivity contribution < 1.29 is 13.9 Å². The van der Waals surface area contributed by atoms with Crippen molar-refractivity contribution in [2.75, 3.05) is 32.6 Å². The van der Waals surface area contributed by atoms with Crippen LogP contribution in [0.1, 0.15) is 30.9 Å². The van der Waals surface area contributed by atoms with Crippen LogP contribution < -0.4 is 10.6 Å². The summed E-state index contributed by atoms with van der Waals surface area (Å²) in [4.78, 5) is 13.6. The average Bonchev–Trinajstić information content (AvgIpc) is 2.57. The summed E-state index contributed by atoms with van der Waals surface area (Å²) in [7, 11) is 1.64. The van der Waals surface area contributed by atoms with Crippen LogP contribution in [0, 0.1) is 11.2 Å². The Kier molecular flexibility index (Phi) is 5.24. The van der Waals surface area contributed by atoms with E-state index < -0.39 is 5.41 Å². The summed E-state index contributed by atoms with van der Waals surface area (Å²) >= 11 is 1.53. The van der Waals surface area contributed by atoms with E-state index in [9.17, 15) is 9.18 Å². The molecule has 1 saturated heterocycles. The van der Waals surface area contributed by atoms with E-state index in [4.69, 9.17) is 4.74 Å². The van der Waals surface area contributed by atoms with Crippen LogP contribution in [0.5, 0.6) is 0 Å². The Bertz CT molecular complexity index is 570. The van der Waals surface area contributed by atoms with Gasteiger partial charge >= 0.3 is 0 Å². The average molecular weight is 338 g/mol. The van der Waals surface area contributed by atoms with Crippen molar-refractivity contribution in [3.8, 4) is 0 Å². The number of ether oxygens (including phenoxy) is 1. The fraction of sp³-hybridized carbons (Fsp3) is 0.588. The lowest BCUT2D eigenvalue weighted by Gasteiger charge is -2.37. The van der Waals surface area contributed by atoms with Crippen LogP contribution in [-0.2, 0) is 9.53 Å². The zero-order chi connectivity index (χ0) is 16.3. The fourth-order valence-electron chi connectivity index (χ4n) is 3.47. The van der Waals surface area contributed by atoms with Crippen LogP contribution in [0.4, 0.5) is 4.39 Å². The van der Waals surface area contributed by atoms with Crippen molar-refractivity contribution in [1.29, 1.82) is 0 Å². The van der Waals surface area contributed by atoms with E-state index in [1.807, 2.05) is 6.07 Å². The Morgan fingerprint density at radius 2 is 2.26 bits per heavy atom. The third-order valence-corrected chi connectivity index (χ3v) is 5.95. The van der Waals surface area contributed by atoms with Crippen molar-refractivity contribution in [3.05, 3.63) is 29.6 Å². The summed E-state index contributed by atoms with van der Waals surface area (Å²) in [6.07, 6.45) is 2.36. The molecule has 0 aromatic heterocycles. The van der Waals surface area contributed by atoms with E-state index in [1.165, 1.54) is 17.8 Å². The smallest absolute Gasteiger partial charge is 0.229 e. The predicted molar refractivity (Wildman–Crippen MR) is 89.0 cm³/mol. The van der Waals surface area contributed by atoms with Crippen LogP contribution in [0.25, 0.3) is 0 Å². The number of carbonyl (C=O) groups is 1. The van der Waals surface area contributed by atoms with Crippen molar-refractivity contribution >= 4 is 17.7 Å². The number of hydrogen-bond acceptors (Lipinski definition) is 4. The number of fused-ring (bicyclic) bond motifs is 1. The molecule has 1 atom stereocenters. The Labute approximate surface area is 140 Å². The first-order valence-corrected chi connectivity index (χ1v) is 9.07. The maximum absolute atomic E-state index is 14.0. The van der Waals surface area contributed by atoms with Crippen LogP contribution in [0.2, 0.25) is 0 Å². The van der Waals surface area contributed by atoms with E-state index in [0.29, 0.717) is 11.5 Å². The number of nitrogens with one attached hydrogen (secondary N) is 2. The van der Waals surface area contributed by atoms with E-state index >= 15 is 0 Å². The Morgan fingerprint density at radius 3 is 3.00 bits per heavy atom. The summed E-state index contributed by atoms with van der Waals surface area (Å²) in [5, 5.41) is 6.46. The molecule has 126 valence electrons. The summed E-state index contributed by atoms with van der Waals surface area (Å²) in [6.45, 7) is 2.07. The lowest BCUT2D eigenvalue weighted by Crippen LogP contribution is -2.51. The van der Waals surface area contributed by atoms with Crippen LogP contribution in [0.3, 0.4) is 0 Å². The summed E-state index contributed by atoms with van der Waals surface area (Å²) in [5.41, 5.74) is 0.425. The van der Waals surface area contributed by atoms with Gasteiger partial charge < -0.3 is 15.4 Å². The Morgan fingerprint density at radius 1 is 1.48 bits per heavy atom. The van der Waals surface area contributed by atoms with Gasteiger partial charge in [0.1, 0.15) is 5.82 Å². The zero-order valence-electron chi connectivity index (χ0n) is 13.4. The minimum Gasteiger partial charge on any atom is -0.384 e. The van der Waals surface area contributed by atoms with Gasteiger partial charge in [-0.05, 0) is 44.0 Å². The van der Waals surface area contributed by atoms with Gasteiger partial charge in [-0.3, -0.25) is 4.79 Å². The molecule has 2 N–H and O–H groups in total. The number of halogens is 1. The van der Waals surface area contributed by atoms with Gasteiger partial charge in [0, 0.05) is 17.8 Å². The standard InChI is InChI=1S/C17H23FN2O2S/c1-22-11-17(6-8-19-9-7-17)16(21)20-14-5-10-23-15-12(14)3-2-4-13(15)18/h2-4,14,19H,5-11H2,1H3,(H,20,21). The second-order valence-electron chi connectivity index (χ2n) is 6.28. The van der Waals surface area contributed by atoms with Gasteiger partial charge in [0.05, 0.1) is 18.1 Å². The fourth-order valence-corrected chi connectivity index (χ4v) is 4.61. The molecule has 0 bridgehead atoms. The molecule has 1 aromatic carbocycles. The number of rotatable bonds is 4. The van der Waals surface area contributed by atoms with Crippen LogP contribution in [-0.4, -0.2) is 38.5 Å². The summed E-state index contributed by atoms with van der Waals surface area (Å²) in [5.74, 6) is 0.658. The number of carbonyl (C=O) groups excluding carboxylic acids is 1. The molecule has 0 spiro atoms.